The summed E-state index contributed by atoms with van der Waals surface area (Å²) in [4.78, 5) is 12.3. The molecule has 3 N–H and O–H groups in total. The predicted octanol–water partition coefficient (Wildman–Crippen LogP) is 5.52. The lowest BCUT2D eigenvalue weighted by Crippen LogP contribution is -2.45. The summed E-state index contributed by atoms with van der Waals surface area (Å²) in [6.07, 6.45) is 4.63. The molecule has 190 valence electrons. The van der Waals surface area contributed by atoms with Crippen molar-refractivity contribution in [2.75, 3.05) is 31.3 Å². The van der Waals surface area contributed by atoms with Crippen LogP contribution in [0.4, 0.5) is 5.82 Å². The van der Waals surface area contributed by atoms with Crippen LogP contribution in [-0.2, 0) is 17.6 Å². The number of piperidine rings is 1. The SMILES string of the molecule is CP(C)(=O)c1c(Cl)ccc(Sc2cnc(N3CCC4(CC3)Cc3ccccc3[C@H]4N)c(CO)n2)c1Cl. The van der Waals surface area contributed by atoms with Crippen LogP contribution in [0.15, 0.2) is 52.5 Å². The number of aliphatic hydroxyl groups is 1. The largest absolute Gasteiger partial charge is 0.390 e. The quantitative estimate of drug-likeness (QED) is 0.395. The molecule has 2 heterocycles. The van der Waals surface area contributed by atoms with Crippen molar-refractivity contribution >= 4 is 53.2 Å². The van der Waals surface area contributed by atoms with Gasteiger partial charge in [0, 0.05) is 29.3 Å². The van der Waals surface area contributed by atoms with Crippen molar-refractivity contribution < 1.29 is 9.67 Å². The Morgan fingerprint density at radius 3 is 2.58 bits per heavy atom. The molecule has 0 radical (unpaired) electrons. The minimum atomic E-state index is -2.67. The summed E-state index contributed by atoms with van der Waals surface area (Å²) < 4.78 is 12.7. The summed E-state index contributed by atoms with van der Waals surface area (Å²) in [5.74, 6) is 0.704. The van der Waals surface area contributed by atoms with E-state index in [1.54, 1.807) is 31.7 Å². The van der Waals surface area contributed by atoms with Crippen LogP contribution in [0.1, 0.15) is 35.7 Å². The van der Waals surface area contributed by atoms with Gasteiger partial charge >= 0.3 is 0 Å². The highest BCUT2D eigenvalue weighted by Crippen LogP contribution is 2.51. The first-order valence-corrected chi connectivity index (χ1v) is 16.1. The lowest BCUT2D eigenvalue weighted by atomic mass is 9.73. The van der Waals surface area contributed by atoms with Gasteiger partial charge in [0.25, 0.3) is 0 Å². The third-order valence-corrected chi connectivity index (χ3v) is 11.0. The Kier molecular flexibility index (Phi) is 7.18. The van der Waals surface area contributed by atoms with Gasteiger partial charge in [-0.1, -0.05) is 59.2 Å². The van der Waals surface area contributed by atoms with Crippen molar-refractivity contribution in [1.82, 2.24) is 9.97 Å². The Balaban J connectivity index is 1.34. The maximum atomic E-state index is 12.7. The van der Waals surface area contributed by atoms with Crippen LogP contribution in [-0.4, -0.2) is 41.5 Å². The van der Waals surface area contributed by atoms with E-state index < -0.39 is 7.14 Å². The zero-order chi connectivity index (χ0) is 25.7. The minimum absolute atomic E-state index is 0.0496. The predicted molar refractivity (Wildman–Crippen MR) is 149 cm³/mol. The number of nitrogens with two attached hydrogens (primary N) is 1. The van der Waals surface area contributed by atoms with Gasteiger partial charge in [-0.2, -0.15) is 0 Å². The third kappa shape index (κ3) is 4.70. The fourth-order valence-corrected chi connectivity index (χ4v) is 9.28. The van der Waals surface area contributed by atoms with Crippen molar-refractivity contribution in [3.8, 4) is 0 Å². The van der Waals surface area contributed by atoms with E-state index in [0.29, 0.717) is 36.8 Å². The Morgan fingerprint density at radius 2 is 1.92 bits per heavy atom. The molecule has 0 saturated carbocycles. The van der Waals surface area contributed by atoms with E-state index in [-0.39, 0.29) is 18.1 Å². The molecule has 1 atom stereocenters. The maximum absolute atomic E-state index is 12.7. The van der Waals surface area contributed by atoms with Gasteiger partial charge < -0.3 is 20.3 Å². The van der Waals surface area contributed by atoms with Crippen LogP contribution in [0.25, 0.3) is 0 Å². The van der Waals surface area contributed by atoms with Crippen LogP contribution >= 0.6 is 42.1 Å². The topological polar surface area (TPSA) is 92.3 Å². The molecule has 1 aliphatic heterocycles. The number of rotatable bonds is 5. The normalized spacial score (nSPS) is 19.1. The Labute approximate surface area is 226 Å². The molecule has 36 heavy (non-hydrogen) atoms. The highest BCUT2D eigenvalue weighted by atomic mass is 35.5. The second-order valence-corrected chi connectivity index (χ2v) is 15.0. The fraction of sp³-hybridized carbons (Fsp3) is 0.385. The van der Waals surface area contributed by atoms with Gasteiger partial charge in [0.2, 0.25) is 0 Å². The molecule has 3 aromatic rings. The minimum Gasteiger partial charge on any atom is -0.390 e. The van der Waals surface area contributed by atoms with E-state index in [4.69, 9.17) is 28.9 Å². The first-order valence-electron chi connectivity index (χ1n) is 11.9. The van der Waals surface area contributed by atoms with Gasteiger partial charge in [-0.25, -0.2) is 9.97 Å². The number of hydrogen-bond acceptors (Lipinski definition) is 7. The van der Waals surface area contributed by atoms with Crippen LogP contribution < -0.4 is 15.9 Å². The monoisotopic (exact) mass is 562 g/mol. The van der Waals surface area contributed by atoms with Crippen molar-refractivity contribution in [2.45, 2.75) is 41.8 Å². The molecular weight excluding hydrogens is 534 g/mol. The number of aromatic nitrogens is 2. The molecule has 5 rings (SSSR count). The van der Waals surface area contributed by atoms with Crippen LogP contribution in [0.3, 0.4) is 0 Å². The van der Waals surface area contributed by atoms with E-state index in [9.17, 15) is 9.67 Å². The van der Waals surface area contributed by atoms with Crippen LogP contribution in [0.2, 0.25) is 10.0 Å². The first-order chi connectivity index (χ1) is 17.1. The summed E-state index contributed by atoms with van der Waals surface area (Å²) in [6.45, 7) is 4.69. The zero-order valence-corrected chi connectivity index (χ0v) is 23.5. The molecule has 0 unspecified atom stereocenters. The van der Waals surface area contributed by atoms with E-state index in [2.05, 4.69) is 39.1 Å². The average molecular weight is 563 g/mol. The Hall–Kier alpha value is -1.60. The molecule has 1 aliphatic carbocycles. The summed E-state index contributed by atoms with van der Waals surface area (Å²) in [5, 5.41) is 11.9. The number of nitrogens with zero attached hydrogens (tertiary/aromatic N) is 3. The standard InChI is InChI=1S/C26H29Cl2N4O2PS/c1-35(2,34)23-18(27)7-8-20(22(23)28)36-21-14-30-25(19(15-33)31-21)32-11-9-26(10-12-32)13-16-5-3-4-6-17(16)24(26)29/h3-8,14,24,33H,9-13,15,29H2,1-2H3/t24-/m1/s1. The number of aliphatic hydroxyl groups excluding tert-OH is 1. The summed E-state index contributed by atoms with van der Waals surface area (Å²) in [5.41, 5.74) is 9.96. The molecule has 2 aromatic carbocycles. The fourth-order valence-electron chi connectivity index (χ4n) is 5.50. The second kappa shape index (κ2) is 9.94. The summed E-state index contributed by atoms with van der Waals surface area (Å²) in [6, 6.07) is 12.0. The van der Waals surface area contributed by atoms with Gasteiger partial charge in [0.15, 0.2) is 5.82 Å². The number of anilines is 1. The molecule has 6 nitrogen and oxygen atoms in total. The maximum Gasteiger partial charge on any atom is 0.152 e. The molecule has 1 fully saturated rings. The van der Waals surface area contributed by atoms with E-state index in [1.807, 2.05) is 0 Å². The van der Waals surface area contributed by atoms with E-state index in [0.717, 1.165) is 32.4 Å². The van der Waals surface area contributed by atoms with Gasteiger partial charge in [0.05, 0.1) is 22.8 Å². The Morgan fingerprint density at radius 1 is 1.19 bits per heavy atom. The first kappa shape index (κ1) is 26.0. The molecule has 1 spiro atoms. The summed E-state index contributed by atoms with van der Waals surface area (Å²) >= 11 is 14.2. The van der Waals surface area contributed by atoms with E-state index >= 15 is 0 Å². The van der Waals surface area contributed by atoms with Gasteiger partial charge in [-0.15, -0.1) is 0 Å². The van der Waals surface area contributed by atoms with Gasteiger partial charge in [0.1, 0.15) is 17.9 Å². The van der Waals surface area contributed by atoms with Crippen molar-refractivity contribution in [3.63, 3.8) is 0 Å². The third-order valence-electron chi connectivity index (χ3n) is 7.39. The molecule has 10 heteroatoms. The van der Waals surface area contributed by atoms with Crippen molar-refractivity contribution in [1.29, 1.82) is 0 Å². The van der Waals surface area contributed by atoms with Crippen LogP contribution in [0, 0.1) is 5.41 Å². The second-order valence-electron chi connectivity index (χ2n) is 10.0. The Bertz CT molecular complexity index is 1360. The number of halogens is 2. The zero-order valence-electron chi connectivity index (χ0n) is 20.2. The number of fused-ring (bicyclic) bond motifs is 1. The lowest BCUT2D eigenvalue weighted by molar-refractivity contribution is 0.186. The lowest BCUT2D eigenvalue weighted by Gasteiger charge is -2.42. The molecule has 1 aromatic heterocycles. The van der Waals surface area contributed by atoms with Gasteiger partial charge in [-0.05, 0) is 61.3 Å². The number of benzene rings is 2. The molecule has 0 amide bonds. The molecule has 1 saturated heterocycles. The average Bonchev–Trinajstić information content (AvgIpc) is 3.12. The highest BCUT2D eigenvalue weighted by molar-refractivity contribution is 7.99. The van der Waals surface area contributed by atoms with Crippen molar-refractivity contribution in [3.05, 3.63) is 69.5 Å². The van der Waals surface area contributed by atoms with Crippen LogP contribution in [0.5, 0.6) is 0 Å². The number of hydrogen-bond donors (Lipinski definition) is 2. The molecule has 2 aliphatic rings. The molecular formula is C26H29Cl2N4O2PS. The van der Waals surface area contributed by atoms with Crippen molar-refractivity contribution in [2.24, 2.45) is 11.1 Å². The van der Waals surface area contributed by atoms with E-state index in [1.165, 1.54) is 22.9 Å². The highest BCUT2D eigenvalue weighted by Gasteiger charge is 2.46. The molecule has 0 bridgehead atoms. The van der Waals surface area contributed by atoms with Gasteiger partial charge in [-0.3, -0.25) is 0 Å². The summed E-state index contributed by atoms with van der Waals surface area (Å²) in [7, 11) is -2.67. The smallest absolute Gasteiger partial charge is 0.152 e.